The minimum atomic E-state index is -0.459. The normalized spacial score (nSPS) is 10.7. The van der Waals surface area contributed by atoms with E-state index in [1.54, 1.807) is 6.92 Å². The molecule has 3 aromatic rings. The third-order valence-corrected chi connectivity index (χ3v) is 5.66. The summed E-state index contributed by atoms with van der Waals surface area (Å²) in [5.41, 5.74) is 2.34. The van der Waals surface area contributed by atoms with Gasteiger partial charge in [0, 0.05) is 16.8 Å². The van der Waals surface area contributed by atoms with Crippen molar-refractivity contribution >= 4 is 54.2 Å². The molecule has 1 heterocycles. The van der Waals surface area contributed by atoms with Gasteiger partial charge in [0.1, 0.15) is 22.9 Å². The van der Waals surface area contributed by atoms with Crippen molar-refractivity contribution in [3.05, 3.63) is 57.6 Å². The zero-order valence-corrected chi connectivity index (χ0v) is 18.2. The highest BCUT2D eigenvalue weighted by molar-refractivity contribution is 9.10. The number of nitrogens with one attached hydrogen (secondary N) is 1. The van der Waals surface area contributed by atoms with E-state index in [4.69, 9.17) is 9.47 Å². The van der Waals surface area contributed by atoms with E-state index in [0.29, 0.717) is 28.3 Å². The van der Waals surface area contributed by atoms with E-state index in [1.165, 1.54) is 18.3 Å². The lowest BCUT2D eigenvalue weighted by Crippen LogP contribution is -2.10. The van der Waals surface area contributed by atoms with Crippen LogP contribution in [0.3, 0.4) is 0 Å². The van der Waals surface area contributed by atoms with E-state index in [2.05, 4.69) is 21.2 Å². The molecule has 0 aliphatic heterocycles. The number of hydrogen-bond donors (Lipinski definition) is 1. The number of carbonyl (C=O) groups excluding carboxylic acids is 2. The van der Waals surface area contributed by atoms with Crippen molar-refractivity contribution in [3.63, 3.8) is 0 Å². The van der Waals surface area contributed by atoms with Gasteiger partial charge in [0.2, 0.25) is 5.91 Å². The van der Waals surface area contributed by atoms with Gasteiger partial charge >= 0.3 is 5.97 Å². The molecule has 3 rings (SSSR count). The molecule has 1 amide bonds. The first-order valence-electron chi connectivity index (χ1n) is 8.78. The van der Waals surface area contributed by atoms with Crippen LogP contribution < -0.4 is 10.1 Å². The lowest BCUT2D eigenvalue weighted by Gasteiger charge is -2.11. The van der Waals surface area contributed by atoms with Crippen LogP contribution in [0.1, 0.15) is 35.3 Å². The number of hydrogen-bond acceptors (Lipinski definition) is 5. The molecule has 5 nitrogen and oxygen atoms in total. The maximum absolute atomic E-state index is 12.5. The second-order valence-corrected chi connectivity index (χ2v) is 8.15. The predicted octanol–water partition coefficient (Wildman–Crippen LogP) is 5.69. The number of rotatable bonds is 6. The van der Waals surface area contributed by atoms with Crippen LogP contribution in [0.2, 0.25) is 0 Å². The van der Waals surface area contributed by atoms with Gasteiger partial charge in [-0.3, -0.25) is 4.79 Å². The summed E-state index contributed by atoms with van der Waals surface area (Å²) in [5, 5.41) is 3.93. The van der Waals surface area contributed by atoms with Gasteiger partial charge in [-0.1, -0.05) is 40.2 Å². The Morgan fingerprint density at radius 2 is 2.00 bits per heavy atom. The topological polar surface area (TPSA) is 64.6 Å². The number of esters is 1. The Balaban J connectivity index is 2.06. The van der Waals surface area contributed by atoms with Crippen LogP contribution in [0, 0.1) is 6.92 Å². The van der Waals surface area contributed by atoms with Gasteiger partial charge in [0.05, 0.1) is 11.3 Å². The summed E-state index contributed by atoms with van der Waals surface area (Å²) in [7, 11) is 0. The second-order valence-electron chi connectivity index (χ2n) is 6.21. The van der Waals surface area contributed by atoms with Crippen LogP contribution >= 0.6 is 27.3 Å². The van der Waals surface area contributed by atoms with Crippen molar-refractivity contribution in [1.82, 2.24) is 0 Å². The first kappa shape index (κ1) is 20.4. The number of amides is 1. The van der Waals surface area contributed by atoms with Gasteiger partial charge in [-0.2, -0.15) is 0 Å². The first-order valence-corrected chi connectivity index (χ1v) is 10.4. The lowest BCUT2D eigenvalue weighted by atomic mass is 10.1. The summed E-state index contributed by atoms with van der Waals surface area (Å²) in [6, 6.07) is 11.7. The molecule has 0 radical (unpaired) electrons. The van der Waals surface area contributed by atoms with Crippen LogP contribution in [-0.2, 0) is 16.1 Å². The Labute approximate surface area is 175 Å². The van der Waals surface area contributed by atoms with Gasteiger partial charge in [-0.15, -0.1) is 11.3 Å². The Bertz CT molecular complexity index is 1040. The van der Waals surface area contributed by atoms with E-state index in [1.807, 2.05) is 43.3 Å². The minimum absolute atomic E-state index is 0.245. The SMILES string of the molecule is CCOC(=O)c1c(NC(C)=O)sc2c(OCc3cccc(Br)c3)c(C)ccc12. The smallest absolute Gasteiger partial charge is 0.341 e. The van der Waals surface area contributed by atoms with E-state index >= 15 is 0 Å². The number of halogens is 1. The van der Waals surface area contributed by atoms with Crippen molar-refractivity contribution < 1.29 is 19.1 Å². The number of ether oxygens (including phenoxy) is 2. The highest BCUT2D eigenvalue weighted by atomic mass is 79.9. The Morgan fingerprint density at radius 1 is 1.21 bits per heavy atom. The van der Waals surface area contributed by atoms with Crippen LogP contribution in [0.25, 0.3) is 10.1 Å². The average molecular weight is 462 g/mol. The van der Waals surface area contributed by atoms with Crippen LogP contribution in [0.5, 0.6) is 5.75 Å². The molecule has 0 spiro atoms. The maximum Gasteiger partial charge on any atom is 0.341 e. The van der Waals surface area contributed by atoms with Crippen molar-refractivity contribution in [2.45, 2.75) is 27.4 Å². The highest BCUT2D eigenvalue weighted by Gasteiger charge is 2.23. The van der Waals surface area contributed by atoms with Gasteiger partial charge in [-0.05, 0) is 37.1 Å². The fourth-order valence-electron chi connectivity index (χ4n) is 2.85. The molecule has 0 aliphatic rings. The minimum Gasteiger partial charge on any atom is -0.487 e. The molecular formula is C21H20BrNO4S. The van der Waals surface area contributed by atoms with Crippen LogP contribution in [0.4, 0.5) is 5.00 Å². The van der Waals surface area contributed by atoms with Gasteiger partial charge in [0.15, 0.2) is 0 Å². The zero-order valence-electron chi connectivity index (χ0n) is 15.8. The second kappa shape index (κ2) is 8.75. The van der Waals surface area contributed by atoms with Crippen molar-refractivity contribution in [3.8, 4) is 5.75 Å². The summed E-state index contributed by atoms with van der Waals surface area (Å²) in [6.45, 7) is 5.77. The monoisotopic (exact) mass is 461 g/mol. The molecule has 0 saturated carbocycles. The predicted molar refractivity (Wildman–Crippen MR) is 115 cm³/mol. The first-order chi connectivity index (χ1) is 13.4. The third-order valence-electron chi connectivity index (χ3n) is 4.05. The number of aryl methyl sites for hydroxylation is 1. The molecule has 0 aliphatic carbocycles. The maximum atomic E-state index is 12.5. The highest BCUT2D eigenvalue weighted by Crippen LogP contribution is 2.43. The lowest BCUT2D eigenvalue weighted by molar-refractivity contribution is -0.114. The number of anilines is 1. The molecule has 1 aromatic heterocycles. The number of fused-ring (bicyclic) bond motifs is 1. The molecule has 0 fully saturated rings. The molecule has 7 heteroatoms. The van der Waals surface area contributed by atoms with E-state index < -0.39 is 5.97 Å². The summed E-state index contributed by atoms with van der Waals surface area (Å²) < 4.78 is 13.1. The summed E-state index contributed by atoms with van der Waals surface area (Å²) in [4.78, 5) is 24.1. The molecule has 146 valence electrons. The van der Waals surface area contributed by atoms with Crippen molar-refractivity contribution in [2.24, 2.45) is 0 Å². The van der Waals surface area contributed by atoms with Gasteiger partial charge in [-0.25, -0.2) is 4.79 Å². The van der Waals surface area contributed by atoms with E-state index in [0.717, 1.165) is 20.3 Å². The summed E-state index contributed by atoms with van der Waals surface area (Å²) >= 11 is 4.78. The van der Waals surface area contributed by atoms with E-state index in [9.17, 15) is 9.59 Å². The number of carbonyl (C=O) groups is 2. The summed E-state index contributed by atoms with van der Waals surface area (Å²) in [6.07, 6.45) is 0. The number of benzene rings is 2. The molecule has 2 aromatic carbocycles. The average Bonchev–Trinajstić information content (AvgIpc) is 2.98. The number of thiophene rings is 1. The molecule has 0 unspecified atom stereocenters. The zero-order chi connectivity index (χ0) is 20.3. The Morgan fingerprint density at radius 3 is 2.68 bits per heavy atom. The largest absolute Gasteiger partial charge is 0.487 e. The molecule has 0 atom stereocenters. The quantitative estimate of drug-likeness (QED) is 0.479. The van der Waals surface area contributed by atoms with Crippen molar-refractivity contribution in [2.75, 3.05) is 11.9 Å². The fourth-order valence-corrected chi connectivity index (χ4v) is 4.58. The van der Waals surface area contributed by atoms with E-state index in [-0.39, 0.29) is 12.5 Å². The molecule has 28 heavy (non-hydrogen) atoms. The van der Waals surface area contributed by atoms with Crippen molar-refractivity contribution in [1.29, 1.82) is 0 Å². The third kappa shape index (κ3) is 4.36. The molecule has 0 bridgehead atoms. The Kier molecular flexibility index (Phi) is 6.36. The summed E-state index contributed by atoms with van der Waals surface area (Å²) in [5.74, 6) is -0.00523. The Hall–Kier alpha value is -2.38. The molecular weight excluding hydrogens is 442 g/mol. The standard InChI is InChI=1S/C21H20BrNO4S/c1-4-26-21(25)17-16-9-8-12(2)18(19(16)28-20(17)23-13(3)24)27-11-14-6-5-7-15(22)10-14/h5-10H,4,11H2,1-3H3,(H,23,24). The fraction of sp³-hybridized carbons (Fsp3) is 0.238. The van der Waals surface area contributed by atoms with Gasteiger partial charge in [0.25, 0.3) is 0 Å². The molecule has 1 N–H and O–H groups in total. The molecule has 0 saturated heterocycles. The van der Waals surface area contributed by atoms with Crippen LogP contribution in [-0.4, -0.2) is 18.5 Å². The van der Waals surface area contributed by atoms with Crippen LogP contribution in [0.15, 0.2) is 40.9 Å². The van der Waals surface area contributed by atoms with Gasteiger partial charge < -0.3 is 14.8 Å².